The molecule has 1 atom stereocenters. The van der Waals surface area contributed by atoms with Crippen LogP contribution in [0.5, 0.6) is 0 Å². The molecule has 5 nitrogen and oxygen atoms in total. The Kier molecular flexibility index (Phi) is 2.45. The summed E-state index contributed by atoms with van der Waals surface area (Å²) in [7, 11) is 0. The summed E-state index contributed by atoms with van der Waals surface area (Å²) < 4.78 is 4.47. The van der Waals surface area contributed by atoms with Gasteiger partial charge in [-0.15, -0.1) is 0 Å². The van der Waals surface area contributed by atoms with Crippen LogP contribution in [0.3, 0.4) is 0 Å². The molecule has 0 aromatic rings. The predicted molar refractivity (Wildman–Crippen MR) is 37.5 cm³/mol. The van der Waals surface area contributed by atoms with Gasteiger partial charge >= 0.3 is 6.16 Å². The van der Waals surface area contributed by atoms with E-state index in [1.165, 1.54) is 5.01 Å². The maximum Gasteiger partial charge on any atom is 0.507 e. The Morgan fingerprint density at radius 3 is 3.00 bits per heavy atom. The number of carbonyl (C=O) groups is 1. The summed E-state index contributed by atoms with van der Waals surface area (Å²) in [4.78, 5) is 10.1. The SMILES string of the molecule is NN1CC=CCC1OC(=O)O. The van der Waals surface area contributed by atoms with Gasteiger partial charge in [-0.25, -0.2) is 9.80 Å². The summed E-state index contributed by atoms with van der Waals surface area (Å²) in [5, 5.41) is 9.60. The van der Waals surface area contributed by atoms with E-state index in [0.29, 0.717) is 13.0 Å². The van der Waals surface area contributed by atoms with Gasteiger partial charge in [-0.1, -0.05) is 12.2 Å². The Morgan fingerprint density at radius 2 is 2.45 bits per heavy atom. The van der Waals surface area contributed by atoms with Crippen LogP contribution >= 0.6 is 0 Å². The number of carboxylic acid groups (broad SMARTS) is 1. The molecule has 0 bridgehead atoms. The lowest BCUT2D eigenvalue weighted by Crippen LogP contribution is -2.45. The minimum absolute atomic E-state index is 0.517. The molecule has 1 heterocycles. The second kappa shape index (κ2) is 3.36. The predicted octanol–water partition coefficient (Wildman–Crippen LogP) is 0.143. The summed E-state index contributed by atoms with van der Waals surface area (Å²) in [6.45, 7) is 0.526. The molecule has 0 aromatic heterocycles. The van der Waals surface area contributed by atoms with Gasteiger partial charge in [0.15, 0.2) is 6.23 Å². The highest BCUT2D eigenvalue weighted by molar-refractivity contribution is 5.57. The van der Waals surface area contributed by atoms with Crippen LogP contribution in [-0.2, 0) is 4.74 Å². The second-order valence-corrected chi connectivity index (χ2v) is 2.24. The number of nitrogens with two attached hydrogens (primary N) is 1. The number of ether oxygens (including phenoxy) is 1. The van der Waals surface area contributed by atoms with E-state index in [2.05, 4.69) is 4.74 Å². The molecule has 5 heteroatoms. The molecule has 11 heavy (non-hydrogen) atoms. The van der Waals surface area contributed by atoms with E-state index in [1.807, 2.05) is 12.2 Å². The lowest BCUT2D eigenvalue weighted by molar-refractivity contribution is -0.0333. The van der Waals surface area contributed by atoms with Crippen LogP contribution in [0.2, 0.25) is 0 Å². The molecular formula is C6H10N2O3. The zero-order valence-electron chi connectivity index (χ0n) is 5.93. The Morgan fingerprint density at radius 1 is 1.73 bits per heavy atom. The van der Waals surface area contributed by atoms with Crippen molar-refractivity contribution in [1.29, 1.82) is 0 Å². The molecular weight excluding hydrogens is 148 g/mol. The molecule has 1 aliphatic heterocycles. The topological polar surface area (TPSA) is 75.8 Å². The van der Waals surface area contributed by atoms with Crippen LogP contribution < -0.4 is 5.84 Å². The van der Waals surface area contributed by atoms with E-state index >= 15 is 0 Å². The fraction of sp³-hybridized carbons (Fsp3) is 0.500. The first kappa shape index (κ1) is 8.03. The van der Waals surface area contributed by atoms with Gasteiger partial charge < -0.3 is 9.84 Å². The molecule has 62 valence electrons. The van der Waals surface area contributed by atoms with Crippen molar-refractivity contribution in [2.24, 2.45) is 5.84 Å². The van der Waals surface area contributed by atoms with Crippen molar-refractivity contribution >= 4 is 6.16 Å². The van der Waals surface area contributed by atoms with Crippen LogP contribution in [0.15, 0.2) is 12.2 Å². The third-order valence-corrected chi connectivity index (χ3v) is 1.43. The van der Waals surface area contributed by atoms with E-state index in [4.69, 9.17) is 10.9 Å². The molecule has 0 fully saturated rings. The fourth-order valence-corrected chi connectivity index (χ4v) is 0.894. The Hall–Kier alpha value is -1.07. The van der Waals surface area contributed by atoms with Crippen LogP contribution in [0.25, 0.3) is 0 Å². The third kappa shape index (κ3) is 2.21. The third-order valence-electron chi connectivity index (χ3n) is 1.43. The number of hydrogen-bond acceptors (Lipinski definition) is 4. The van der Waals surface area contributed by atoms with Gasteiger partial charge in [0.05, 0.1) is 0 Å². The van der Waals surface area contributed by atoms with Gasteiger partial charge in [0.25, 0.3) is 0 Å². The monoisotopic (exact) mass is 158 g/mol. The van der Waals surface area contributed by atoms with Crippen molar-refractivity contribution in [2.75, 3.05) is 6.54 Å². The van der Waals surface area contributed by atoms with Crippen molar-refractivity contribution in [1.82, 2.24) is 5.01 Å². The average Bonchev–Trinajstić information content (AvgIpc) is 1.93. The summed E-state index contributed by atoms with van der Waals surface area (Å²) in [5.41, 5.74) is 0. The molecule has 3 N–H and O–H groups in total. The van der Waals surface area contributed by atoms with Crippen LogP contribution in [0.1, 0.15) is 6.42 Å². The first-order valence-electron chi connectivity index (χ1n) is 3.26. The van der Waals surface area contributed by atoms with E-state index in [-0.39, 0.29) is 0 Å². The summed E-state index contributed by atoms with van der Waals surface area (Å²) >= 11 is 0. The molecule has 0 amide bonds. The summed E-state index contributed by atoms with van der Waals surface area (Å²) in [6, 6.07) is 0. The van der Waals surface area contributed by atoms with Gasteiger partial charge in [-0.2, -0.15) is 0 Å². The highest BCUT2D eigenvalue weighted by Gasteiger charge is 2.19. The van der Waals surface area contributed by atoms with Crippen LogP contribution in [0, 0.1) is 0 Å². The fourth-order valence-electron chi connectivity index (χ4n) is 0.894. The number of hydrazine groups is 1. The van der Waals surface area contributed by atoms with Crippen LogP contribution in [-0.4, -0.2) is 29.0 Å². The van der Waals surface area contributed by atoms with Crippen molar-refractivity contribution in [3.05, 3.63) is 12.2 Å². The second-order valence-electron chi connectivity index (χ2n) is 2.24. The Bertz CT molecular complexity index is 181. The van der Waals surface area contributed by atoms with E-state index in [1.54, 1.807) is 0 Å². The zero-order chi connectivity index (χ0) is 8.27. The first-order chi connectivity index (χ1) is 5.20. The van der Waals surface area contributed by atoms with Gasteiger partial charge in [-0.3, -0.25) is 5.84 Å². The molecule has 0 aliphatic carbocycles. The smallest absolute Gasteiger partial charge is 0.450 e. The molecule has 1 aliphatic rings. The minimum Gasteiger partial charge on any atom is -0.450 e. The lowest BCUT2D eigenvalue weighted by Gasteiger charge is -2.26. The quantitative estimate of drug-likeness (QED) is 0.322. The van der Waals surface area contributed by atoms with Crippen molar-refractivity contribution in [3.8, 4) is 0 Å². The first-order valence-corrected chi connectivity index (χ1v) is 3.26. The maximum atomic E-state index is 10.1. The number of hydrogen-bond donors (Lipinski definition) is 2. The standard InChI is InChI=1S/C6H10N2O3/c7-8-4-2-1-3-5(8)11-6(9)10/h1-2,5H,3-4,7H2,(H,9,10). The van der Waals surface area contributed by atoms with Gasteiger partial charge in [-0.05, 0) is 0 Å². The molecule has 0 saturated carbocycles. The van der Waals surface area contributed by atoms with Gasteiger partial charge in [0, 0.05) is 13.0 Å². The molecule has 0 aromatic carbocycles. The summed E-state index contributed by atoms with van der Waals surface area (Å²) in [5.74, 6) is 5.42. The van der Waals surface area contributed by atoms with E-state index in [0.717, 1.165) is 0 Å². The van der Waals surface area contributed by atoms with Crippen molar-refractivity contribution < 1.29 is 14.6 Å². The average molecular weight is 158 g/mol. The van der Waals surface area contributed by atoms with Crippen molar-refractivity contribution in [2.45, 2.75) is 12.6 Å². The van der Waals surface area contributed by atoms with E-state index < -0.39 is 12.4 Å². The number of nitrogens with zero attached hydrogens (tertiary/aromatic N) is 1. The van der Waals surface area contributed by atoms with Gasteiger partial charge in [0.1, 0.15) is 0 Å². The van der Waals surface area contributed by atoms with E-state index in [9.17, 15) is 4.79 Å². The van der Waals surface area contributed by atoms with Crippen LogP contribution in [0.4, 0.5) is 4.79 Å². The zero-order valence-corrected chi connectivity index (χ0v) is 5.93. The minimum atomic E-state index is -1.29. The largest absolute Gasteiger partial charge is 0.507 e. The Labute approximate surface area is 64.0 Å². The molecule has 1 rings (SSSR count). The lowest BCUT2D eigenvalue weighted by atomic mass is 10.2. The molecule has 1 unspecified atom stereocenters. The van der Waals surface area contributed by atoms with Gasteiger partial charge in [0.2, 0.25) is 0 Å². The Balaban J connectivity index is 2.44. The number of rotatable bonds is 1. The highest BCUT2D eigenvalue weighted by Crippen LogP contribution is 2.08. The molecule has 0 spiro atoms. The highest BCUT2D eigenvalue weighted by atomic mass is 16.7. The van der Waals surface area contributed by atoms with Crippen molar-refractivity contribution in [3.63, 3.8) is 0 Å². The molecule has 0 radical (unpaired) electrons. The summed E-state index contributed by atoms with van der Waals surface area (Å²) in [6.07, 6.45) is 2.40. The molecule has 0 saturated heterocycles. The normalized spacial score (nSPS) is 25.0. The maximum absolute atomic E-state index is 10.1.